The number of amides is 1. The van der Waals surface area contributed by atoms with Crippen molar-refractivity contribution in [3.8, 4) is 0 Å². The van der Waals surface area contributed by atoms with Gasteiger partial charge in [0, 0.05) is 42.1 Å². The Morgan fingerprint density at radius 2 is 2.08 bits per heavy atom. The Labute approximate surface area is 153 Å². The maximum atomic E-state index is 13.1. The van der Waals surface area contributed by atoms with Gasteiger partial charge in [0.25, 0.3) is 5.91 Å². The Kier molecular flexibility index (Phi) is 4.65. The molecule has 1 atom stereocenters. The van der Waals surface area contributed by atoms with Crippen molar-refractivity contribution in [1.29, 1.82) is 0 Å². The van der Waals surface area contributed by atoms with E-state index in [1.165, 1.54) is 5.56 Å². The van der Waals surface area contributed by atoms with Crippen LogP contribution in [0.4, 0.5) is 0 Å². The second kappa shape index (κ2) is 7.24. The van der Waals surface area contributed by atoms with Crippen molar-refractivity contribution in [2.24, 2.45) is 5.92 Å². The van der Waals surface area contributed by atoms with Crippen LogP contribution >= 0.6 is 0 Å². The zero-order valence-corrected chi connectivity index (χ0v) is 15.1. The number of carbonyl (C=O) groups is 1. The molecule has 0 bridgehead atoms. The number of likely N-dealkylation sites (tertiary alicyclic amines) is 1. The topological polar surface area (TPSA) is 46.1 Å². The van der Waals surface area contributed by atoms with E-state index < -0.39 is 0 Å². The number of piperidine rings is 1. The number of aryl methyl sites for hydroxylation is 1. The molecule has 0 aliphatic carbocycles. The zero-order valence-electron chi connectivity index (χ0n) is 15.1. The van der Waals surface area contributed by atoms with Crippen LogP contribution in [-0.2, 0) is 6.42 Å². The lowest BCUT2D eigenvalue weighted by atomic mass is 9.91. The van der Waals surface area contributed by atoms with Crippen LogP contribution in [0.1, 0.15) is 34.5 Å². The highest BCUT2D eigenvalue weighted by molar-refractivity contribution is 6.06. The van der Waals surface area contributed by atoms with Crippen LogP contribution in [0.25, 0.3) is 10.9 Å². The fourth-order valence-electron chi connectivity index (χ4n) is 3.83. The summed E-state index contributed by atoms with van der Waals surface area (Å²) in [4.78, 5) is 23.9. The highest BCUT2D eigenvalue weighted by atomic mass is 16.2. The van der Waals surface area contributed by atoms with Crippen LogP contribution < -0.4 is 0 Å². The maximum absolute atomic E-state index is 13.1. The minimum atomic E-state index is 0.121. The van der Waals surface area contributed by atoms with Crippen molar-refractivity contribution in [2.75, 3.05) is 13.1 Å². The molecule has 1 amide bonds. The molecule has 26 heavy (non-hydrogen) atoms. The molecule has 132 valence electrons. The van der Waals surface area contributed by atoms with Gasteiger partial charge in [-0.2, -0.15) is 0 Å². The Hall–Kier alpha value is -2.75. The Morgan fingerprint density at radius 3 is 2.92 bits per heavy atom. The van der Waals surface area contributed by atoms with Gasteiger partial charge in [-0.1, -0.05) is 18.2 Å². The van der Waals surface area contributed by atoms with E-state index in [-0.39, 0.29) is 5.91 Å². The summed E-state index contributed by atoms with van der Waals surface area (Å²) in [6.45, 7) is 3.64. The molecule has 4 rings (SSSR count). The highest BCUT2D eigenvalue weighted by Crippen LogP contribution is 2.24. The van der Waals surface area contributed by atoms with Crippen LogP contribution in [0.3, 0.4) is 0 Å². The summed E-state index contributed by atoms with van der Waals surface area (Å²) in [7, 11) is 0. The second-order valence-electron chi connectivity index (χ2n) is 7.15. The molecule has 1 aliphatic rings. The SMILES string of the molecule is Cc1ccc(C[C@H]2CCCN(C(=O)c3cccc4ncccc34)C2)cn1. The Morgan fingerprint density at radius 1 is 1.15 bits per heavy atom. The van der Waals surface area contributed by atoms with Crippen molar-refractivity contribution in [3.05, 3.63) is 71.7 Å². The molecule has 1 aliphatic heterocycles. The molecule has 3 heterocycles. The van der Waals surface area contributed by atoms with Crippen LogP contribution in [0, 0.1) is 12.8 Å². The molecule has 0 N–H and O–H groups in total. The van der Waals surface area contributed by atoms with Crippen LogP contribution in [0.2, 0.25) is 0 Å². The lowest BCUT2D eigenvalue weighted by Crippen LogP contribution is -2.40. The van der Waals surface area contributed by atoms with Crippen molar-refractivity contribution in [2.45, 2.75) is 26.2 Å². The van der Waals surface area contributed by atoms with Crippen LogP contribution in [0.15, 0.2) is 54.9 Å². The maximum Gasteiger partial charge on any atom is 0.254 e. The molecule has 4 nitrogen and oxygen atoms in total. The van der Waals surface area contributed by atoms with Crippen LogP contribution in [0.5, 0.6) is 0 Å². The normalized spacial score (nSPS) is 17.4. The predicted octanol–water partition coefficient (Wildman–Crippen LogP) is 4.03. The minimum absolute atomic E-state index is 0.121. The molecule has 0 unspecified atom stereocenters. The lowest BCUT2D eigenvalue weighted by molar-refractivity contribution is 0.0675. The third kappa shape index (κ3) is 3.45. The molecule has 2 aromatic heterocycles. The summed E-state index contributed by atoms with van der Waals surface area (Å²) in [5, 5.41) is 0.935. The van der Waals surface area contributed by atoms with Gasteiger partial charge < -0.3 is 4.90 Å². The van der Waals surface area contributed by atoms with E-state index in [1.54, 1.807) is 6.20 Å². The van der Waals surface area contributed by atoms with E-state index in [4.69, 9.17) is 0 Å². The first-order chi connectivity index (χ1) is 12.7. The summed E-state index contributed by atoms with van der Waals surface area (Å²) in [5.74, 6) is 0.612. The average molecular weight is 345 g/mol. The fraction of sp³-hybridized carbons (Fsp3) is 0.318. The quantitative estimate of drug-likeness (QED) is 0.720. The van der Waals surface area contributed by atoms with E-state index in [9.17, 15) is 4.79 Å². The number of fused-ring (bicyclic) bond motifs is 1. The van der Waals surface area contributed by atoms with E-state index in [0.717, 1.165) is 54.5 Å². The van der Waals surface area contributed by atoms with E-state index in [1.807, 2.05) is 48.4 Å². The van der Waals surface area contributed by atoms with Crippen molar-refractivity contribution in [3.63, 3.8) is 0 Å². The predicted molar refractivity (Wildman–Crippen MR) is 103 cm³/mol. The lowest BCUT2D eigenvalue weighted by Gasteiger charge is -2.33. The standard InChI is InChI=1S/C22H23N3O/c1-16-9-10-17(14-24-16)13-18-5-4-12-25(15-18)22(26)20-6-2-8-21-19(20)7-3-11-23-21/h2-3,6-11,14,18H,4-5,12-13,15H2,1H3/t18-/m1/s1. The average Bonchev–Trinajstić information content (AvgIpc) is 2.69. The van der Waals surface area contributed by atoms with Gasteiger partial charge in [0.05, 0.1) is 5.52 Å². The molecular weight excluding hydrogens is 322 g/mol. The summed E-state index contributed by atoms with van der Waals surface area (Å²) in [6, 6.07) is 13.9. The molecule has 4 heteroatoms. The van der Waals surface area contributed by atoms with Gasteiger partial charge in [-0.15, -0.1) is 0 Å². The molecular formula is C22H23N3O. The molecule has 0 saturated carbocycles. The molecule has 1 aromatic carbocycles. The van der Waals surface area contributed by atoms with Crippen molar-refractivity contribution >= 4 is 16.8 Å². The van der Waals surface area contributed by atoms with Gasteiger partial charge in [0.1, 0.15) is 0 Å². The first-order valence-corrected chi connectivity index (χ1v) is 9.25. The number of aromatic nitrogens is 2. The summed E-state index contributed by atoms with van der Waals surface area (Å²) >= 11 is 0. The summed E-state index contributed by atoms with van der Waals surface area (Å²) in [5.41, 5.74) is 3.92. The van der Waals surface area contributed by atoms with Gasteiger partial charge in [-0.05, 0) is 61.9 Å². The Bertz CT molecular complexity index is 915. The number of hydrogen-bond donors (Lipinski definition) is 0. The molecule has 3 aromatic rings. The van der Waals surface area contributed by atoms with Crippen molar-refractivity contribution in [1.82, 2.24) is 14.9 Å². The number of pyridine rings is 2. The number of benzene rings is 1. The third-order valence-corrected chi connectivity index (χ3v) is 5.18. The van der Waals surface area contributed by atoms with E-state index >= 15 is 0 Å². The molecule has 1 fully saturated rings. The van der Waals surface area contributed by atoms with Gasteiger partial charge in [-0.3, -0.25) is 14.8 Å². The summed E-state index contributed by atoms with van der Waals surface area (Å²) < 4.78 is 0. The number of nitrogens with zero attached hydrogens (tertiary/aromatic N) is 3. The first kappa shape index (κ1) is 16.7. The van der Waals surface area contributed by atoms with Gasteiger partial charge in [-0.25, -0.2) is 0 Å². The molecule has 0 spiro atoms. The zero-order chi connectivity index (χ0) is 17.9. The third-order valence-electron chi connectivity index (χ3n) is 5.18. The highest BCUT2D eigenvalue weighted by Gasteiger charge is 2.25. The minimum Gasteiger partial charge on any atom is -0.338 e. The molecule has 1 saturated heterocycles. The summed E-state index contributed by atoms with van der Waals surface area (Å²) in [6.07, 6.45) is 6.93. The van der Waals surface area contributed by atoms with E-state index in [2.05, 4.69) is 22.1 Å². The number of carbonyl (C=O) groups excluding carboxylic acids is 1. The monoisotopic (exact) mass is 345 g/mol. The van der Waals surface area contributed by atoms with Gasteiger partial charge >= 0.3 is 0 Å². The van der Waals surface area contributed by atoms with Gasteiger partial charge in [0.2, 0.25) is 0 Å². The van der Waals surface area contributed by atoms with Crippen molar-refractivity contribution < 1.29 is 4.79 Å². The Balaban J connectivity index is 1.51. The second-order valence-corrected chi connectivity index (χ2v) is 7.15. The first-order valence-electron chi connectivity index (χ1n) is 9.25. The fourth-order valence-corrected chi connectivity index (χ4v) is 3.83. The van der Waals surface area contributed by atoms with Gasteiger partial charge in [0.15, 0.2) is 0 Å². The number of rotatable bonds is 3. The van der Waals surface area contributed by atoms with Crippen LogP contribution in [-0.4, -0.2) is 33.9 Å². The molecule has 0 radical (unpaired) electrons. The number of hydrogen-bond acceptors (Lipinski definition) is 3. The van der Waals surface area contributed by atoms with E-state index in [0.29, 0.717) is 5.92 Å². The smallest absolute Gasteiger partial charge is 0.254 e. The largest absolute Gasteiger partial charge is 0.338 e.